The molecule has 1 aromatic rings. The number of halogens is 2. The van der Waals surface area contributed by atoms with Gasteiger partial charge in [0.05, 0.1) is 11.3 Å². The first-order chi connectivity index (χ1) is 6.87. The van der Waals surface area contributed by atoms with E-state index in [1.807, 2.05) is 0 Å². The lowest BCUT2D eigenvalue weighted by molar-refractivity contribution is 0.546. The highest BCUT2D eigenvalue weighted by molar-refractivity contribution is 7.92. The topological polar surface area (TPSA) is 60.2 Å². The van der Waals surface area contributed by atoms with Gasteiger partial charge in [-0.2, -0.15) is 0 Å². The predicted molar refractivity (Wildman–Crippen MR) is 49.9 cm³/mol. The van der Waals surface area contributed by atoms with Crippen molar-refractivity contribution < 1.29 is 17.2 Å². The van der Waals surface area contributed by atoms with Crippen molar-refractivity contribution in [3.63, 3.8) is 0 Å². The minimum absolute atomic E-state index is 0.234. The molecule has 1 aromatic carbocycles. The number of rotatable bonds is 0. The van der Waals surface area contributed by atoms with E-state index in [2.05, 4.69) is 0 Å². The second-order valence-corrected chi connectivity index (χ2v) is 5.79. The van der Waals surface area contributed by atoms with Crippen LogP contribution in [-0.2, 0) is 9.84 Å². The number of hydrogen-bond donors (Lipinski definition) is 1. The number of benzene rings is 1. The minimum atomic E-state index is -3.83. The lowest BCUT2D eigenvalue weighted by atomic mass is 10.1. The Morgan fingerprint density at radius 2 is 1.80 bits per heavy atom. The molecule has 0 radical (unpaired) electrons. The van der Waals surface area contributed by atoms with Gasteiger partial charge in [-0.1, -0.05) is 0 Å². The van der Waals surface area contributed by atoms with Gasteiger partial charge in [-0.15, -0.1) is 0 Å². The molecular weight excluding hydrogens is 224 g/mol. The zero-order valence-electron chi connectivity index (χ0n) is 7.87. The fraction of sp³-hybridized carbons (Fsp3) is 0.333. The highest BCUT2D eigenvalue weighted by Gasteiger charge is 2.44. The molecule has 0 bridgehead atoms. The zero-order chi connectivity index (χ0) is 11.4. The van der Waals surface area contributed by atoms with Crippen LogP contribution in [0, 0.1) is 11.6 Å². The van der Waals surface area contributed by atoms with Crippen molar-refractivity contribution in [2.45, 2.75) is 23.1 Å². The van der Waals surface area contributed by atoms with Crippen LogP contribution >= 0.6 is 0 Å². The predicted octanol–water partition coefficient (Wildman–Crippen LogP) is 1.14. The Morgan fingerprint density at radius 3 is 2.33 bits per heavy atom. The first-order valence-electron chi connectivity index (χ1n) is 4.34. The van der Waals surface area contributed by atoms with Gasteiger partial charge in [0.2, 0.25) is 0 Å². The molecule has 1 aliphatic heterocycles. The van der Waals surface area contributed by atoms with Crippen molar-refractivity contribution in [1.29, 1.82) is 0 Å². The Kier molecular flexibility index (Phi) is 2.09. The molecule has 15 heavy (non-hydrogen) atoms. The maximum Gasteiger partial charge on any atom is 0.186 e. The number of fused-ring (bicyclic) bond motifs is 1. The Hall–Kier alpha value is -1.01. The van der Waals surface area contributed by atoms with Gasteiger partial charge in [-0.05, 0) is 19.1 Å². The average Bonchev–Trinajstić information content (AvgIpc) is 2.34. The molecule has 82 valence electrons. The van der Waals surface area contributed by atoms with Crippen LogP contribution in [0.2, 0.25) is 0 Å². The molecule has 0 spiro atoms. The molecule has 3 nitrogen and oxygen atoms in total. The summed E-state index contributed by atoms with van der Waals surface area (Å²) in [5.74, 6) is -1.71. The third kappa shape index (κ3) is 1.21. The SMILES string of the molecule is CC1C(N)c2c(F)ccc(F)c2S1(=O)=O. The summed E-state index contributed by atoms with van der Waals surface area (Å²) in [6.45, 7) is 1.35. The van der Waals surface area contributed by atoms with E-state index in [4.69, 9.17) is 5.73 Å². The third-order valence-electron chi connectivity index (χ3n) is 2.71. The van der Waals surface area contributed by atoms with Crippen molar-refractivity contribution >= 4 is 9.84 Å². The molecule has 0 aromatic heterocycles. The first kappa shape index (κ1) is 10.5. The quantitative estimate of drug-likeness (QED) is 0.731. The van der Waals surface area contributed by atoms with E-state index >= 15 is 0 Å². The number of hydrogen-bond acceptors (Lipinski definition) is 3. The fourth-order valence-electron chi connectivity index (χ4n) is 1.76. The lowest BCUT2D eigenvalue weighted by Gasteiger charge is -2.07. The molecule has 1 aliphatic rings. The fourth-order valence-corrected chi connectivity index (χ4v) is 3.54. The standard InChI is InChI=1S/C9H9F2NO2S/c1-4-8(12)7-5(10)2-3-6(11)9(7)15(4,13)14/h2-4,8H,12H2,1H3. The van der Waals surface area contributed by atoms with Crippen LogP contribution in [0.3, 0.4) is 0 Å². The van der Waals surface area contributed by atoms with Gasteiger partial charge in [-0.25, -0.2) is 17.2 Å². The molecule has 2 N–H and O–H groups in total. The van der Waals surface area contributed by atoms with Gasteiger partial charge in [0.25, 0.3) is 0 Å². The number of nitrogens with two attached hydrogens (primary N) is 1. The van der Waals surface area contributed by atoms with Gasteiger partial charge in [0.15, 0.2) is 9.84 Å². The van der Waals surface area contributed by atoms with Crippen LogP contribution in [0.25, 0.3) is 0 Å². The van der Waals surface area contributed by atoms with E-state index in [9.17, 15) is 17.2 Å². The van der Waals surface area contributed by atoms with Gasteiger partial charge < -0.3 is 5.73 Å². The van der Waals surface area contributed by atoms with E-state index in [-0.39, 0.29) is 5.56 Å². The average molecular weight is 233 g/mol. The van der Waals surface area contributed by atoms with Crippen LogP contribution < -0.4 is 5.73 Å². The first-order valence-corrected chi connectivity index (χ1v) is 5.89. The van der Waals surface area contributed by atoms with Gasteiger partial charge >= 0.3 is 0 Å². The summed E-state index contributed by atoms with van der Waals surface area (Å²) in [6, 6.07) is 0.693. The summed E-state index contributed by atoms with van der Waals surface area (Å²) >= 11 is 0. The van der Waals surface area contributed by atoms with E-state index in [0.717, 1.165) is 12.1 Å². The van der Waals surface area contributed by atoms with E-state index in [0.29, 0.717) is 0 Å². The molecule has 6 heteroatoms. The Morgan fingerprint density at radius 1 is 1.27 bits per heavy atom. The highest BCUT2D eigenvalue weighted by atomic mass is 32.2. The van der Waals surface area contributed by atoms with E-state index in [1.54, 1.807) is 0 Å². The summed E-state index contributed by atoms with van der Waals surface area (Å²) in [5, 5.41) is -0.987. The third-order valence-corrected chi connectivity index (χ3v) is 4.96. The van der Waals surface area contributed by atoms with Crippen molar-refractivity contribution in [2.24, 2.45) is 5.73 Å². The van der Waals surface area contributed by atoms with Crippen molar-refractivity contribution in [2.75, 3.05) is 0 Å². The monoisotopic (exact) mass is 233 g/mol. The highest BCUT2D eigenvalue weighted by Crippen LogP contribution is 2.40. The summed E-state index contributed by atoms with van der Waals surface area (Å²) < 4.78 is 50.0. The Bertz CT molecular complexity index is 527. The molecule has 2 atom stereocenters. The van der Waals surface area contributed by atoms with Crippen molar-refractivity contribution in [1.82, 2.24) is 0 Å². The molecule has 2 unspecified atom stereocenters. The van der Waals surface area contributed by atoms with Gasteiger partial charge in [0, 0.05) is 5.56 Å². The van der Waals surface area contributed by atoms with E-state index in [1.165, 1.54) is 6.92 Å². The summed E-state index contributed by atoms with van der Waals surface area (Å²) in [6.07, 6.45) is 0. The summed E-state index contributed by atoms with van der Waals surface area (Å²) in [4.78, 5) is -0.581. The van der Waals surface area contributed by atoms with Crippen molar-refractivity contribution in [3.05, 3.63) is 29.3 Å². The van der Waals surface area contributed by atoms with Gasteiger partial charge in [0.1, 0.15) is 16.5 Å². The molecule has 0 saturated heterocycles. The molecular formula is C9H9F2NO2S. The summed E-state index contributed by atoms with van der Waals surface area (Å²) in [7, 11) is -3.83. The van der Waals surface area contributed by atoms with Crippen LogP contribution in [0.5, 0.6) is 0 Å². The largest absolute Gasteiger partial charge is 0.323 e. The molecule has 0 amide bonds. The normalized spacial score (nSPS) is 27.7. The van der Waals surface area contributed by atoms with Gasteiger partial charge in [-0.3, -0.25) is 0 Å². The summed E-state index contributed by atoms with van der Waals surface area (Å²) in [5.41, 5.74) is 5.32. The van der Waals surface area contributed by atoms with Crippen LogP contribution in [0.15, 0.2) is 17.0 Å². The van der Waals surface area contributed by atoms with Crippen LogP contribution in [-0.4, -0.2) is 13.7 Å². The molecule has 0 aliphatic carbocycles. The maximum absolute atomic E-state index is 13.3. The Balaban J connectivity index is 2.89. The smallest absolute Gasteiger partial charge is 0.186 e. The number of sulfone groups is 1. The minimum Gasteiger partial charge on any atom is -0.323 e. The van der Waals surface area contributed by atoms with Crippen LogP contribution in [0.4, 0.5) is 8.78 Å². The second-order valence-electron chi connectivity index (χ2n) is 3.55. The second kappa shape index (κ2) is 2.99. The molecule has 0 fully saturated rings. The molecule has 2 rings (SSSR count). The lowest BCUT2D eigenvalue weighted by Crippen LogP contribution is -2.23. The van der Waals surface area contributed by atoms with E-state index < -0.39 is 37.7 Å². The Labute approximate surface area is 85.8 Å². The zero-order valence-corrected chi connectivity index (χ0v) is 8.68. The maximum atomic E-state index is 13.3. The molecule has 0 saturated carbocycles. The van der Waals surface area contributed by atoms with Crippen LogP contribution in [0.1, 0.15) is 18.5 Å². The van der Waals surface area contributed by atoms with Crippen molar-refractivity contribution in [3.8, 4) is 0 Å². The molecule has 1 heterocycles.